The van der Waals surface area contributed by atoms with Crippen molar-refractivity contribution < 1.29 is 22.7 Å². The number of nitrogens with zero attached hydrogens (tertiary/aromatic N) is 4. The molecule has 7 nitrogen and oxygen atoms in total. The Hall–Kier alpha value is -2.62. The topological polar surface area (TPSA) is 86.3 Å². The van der Waals surface area contributed by atoms with Gasteiger partial charge >= 0.3 is 6.01 Å². The van der Waals surface area contributed by atoms with E-state index < -0.39 is 23.5 Å². The first-order valence-corrected chi connectivity index (χ1v) is 9.00. The maximum atomic E-state index is 13.8. The van der Waals surface area contributed by atoms with Crippen LogP contribution in [0, 0.1) is 17.5 Å². The highest BCUT2D eigenvalue weighted by molar-refractivity contribution is 5.76. The molecule has 0 bridgehead atoms. The van der Waals surface area contributed by atoms with Crippen LogP contribution >= 0.6 is 0 Å². The molecule has 1 aliphatic heterocycles. The number of amides is 1. The van der Waals surface area contributed by atoms with Crippen LogP contribution in [0.1, 0.15) is 31.7 Å². The summed E-state index contributed by atoms with van der Waals surface area (Å²) < 4.78 is 47.5. The molecule has 1 atom stereocenters. The average Bonchev–Trinajstić information content (AvgIpc) is 3.01. The van der Waals surface area contributed by atoms with Crippen LogP contribution in [-0.4, -0.2) is 44.3 Å². The van der Waals surface area contributed by atoms with E-state index in [0.29, 0.717) is 31.0 Å². The number of halogens is 3. The van der Waals surface area contributed by atoms with Crippen LogP contribution in [0.5, 0.6) is 6.01 Å². The van der Waals surface area contributed by atoms with E-state index in [1.165, 1.54) is 0 Å². The fraction of sp³-hybridized carbons (Fsp3) is 0.500. The normalized spacial score (nSPS) is 14.9. The molecule has 1 aromatic heterocycles. The number of carbonyl (C=O) groups excluding carboxylic acids is 1. The smallest absolute Gasteiger partial charge is 0.317 e. The second kappa shape index (κ2) is 8.17. The SMILES string of the molecule is CC(C)Oc1nnc2n1CCN(C(=O)C[C@H](N)Cc1cc(F)c(F)cc1F)C2. The molecule has 0 fully saturated rings. The number of hydrogen-bond acceptors (Lipinski definition) is 5. The Morgan fingerprint density at radius 3 is 2.61 bits per heavy atom. The minimum absolute atomic E-state index is 0.0392. The summed E-state index contributed by atoms with van der Waals surface area (Å²) in [6.07, 6.45) is -0.171. The molecule has 0 radical (unpaired) electrons. The van der Waals surface area contributed by atoms with Crippen molar-refractivity contribution in [3.63, 3.8) is 0 Å². The van der Waals surface area contributed by atoms with E-state index in [0.717, 1.165) is 6.07 Å². The summed E-state index contributed by atoms with van der Waals surface area (Å²) in [6, 6.07) is 0.941. The van der Waals surface area contributed by atoms with Gasteiger partial charge in [-0.2, -0.15) is 0 Å². The number of rotatable bonds is 6. The van der Waals surface area contributed by atoms with Crippen LogP contribution in [0.25, 0.3) is 0 Å². The Morgan fingerprint density at radius 2 is 1.89 bits per heavy atom. The molecular formula is C18H22F3N5O2. The van der Waals surface area contributed by atoms with E-state index in [1.807, 2.05) is 18.4 Å². The van der Waals surface area contributed by atoms with Crippen LogP contribution < -0.4 is 10.5 Å². The first kappa shape index (κ1) is 20.1. The number of hydrogen-bond donors (Lipinski definition) is 1. The summed E-state index contributed by atoms with van der Waals surface area (Å²) in [7, 11) is 0. The van der Waals surface area contributed by atoms with Gasteiger partial charge in [0.1, 0.15) is 5.82 Å². The van der Waals surface area contributed by atoms with Crippen molar-refractivity contribution in [3.8, 4) is 6.01 Å². The van der Waals surface area contributed by atoms with Gasteiger partial charge in [0.05, 0.1) is 12.6 Å². The van der Waals surface area contributed by atoms with E-state index >= 15 is 0 Å². The Kier molecular flexibility index (Phi) is 5.87. The third-order valence-corrected chi connectivity index (χ3v) is 4.42. The lowest BCUT2D eigenvalue weighted by atomic mass is 10.0. The molecule has 0 aliphatic carbocycles. The largest absolute Gasteiger partial charge is 0.461 e. The fourth-order valence-electron chi connectivity index (χ4n) is 3.07. The minimum atomic E-state index is -1.26. The molecule has 10 heteroatoms. The molecule has 1 aromatic carbocycles. The highest BCUT2D eigenvalue weighted by atomic mass is 19.2. The zero-order valence-electron chi connectivity index (χ0n) is 15.7. The van der Waals surface area contributed by atoms with Gasteiger partial charge in [-0.05, 0) is 31.9 Å². The molecule has 2 N–H and O–H groups in total. The molecule has 1 amide bonds. The van der Waals surface area contributed by atoms with Gasteiger partial charge in [-0.1, -0.05) is 5.10 Å². The number of fused-ring (bicyclic) bond motifs is 1. The van der Waals surface area contributed by atoms with Crippen LogP contribution in [0.2, 0.25) is 0 Å². The molecule has 1 aliphatic rings. The fourth-order valence-corrected chi connectivity index (χ4v) is 3.07. The Labute approximate surface area is 160 Å². The van der Waals surface area contributed by atoms with E-state index in [-0.39, 0.29) is 37.0 Å². The summed E-state index contributed by atoms with van der Waals surface area (Å²) in [4.78, 5) is 14.1. The number of nitrogens with two attached hydrogens (primary N) is 1. The standard InChI is InChI=1S/C18H22F3N5O2/c1-10(2)28-18-24-23-16-9-25(3-4-26(16)18)17(27)7-12(22)5-11-6-14(20)15(21)8-13(11)19/h6,8,10,12H,3-5,7,9,22H2,1-2H3/t12-/m1/s1. The van der Waals surface area contributed by atoms with Gasteiger partial charge in [0, 0.05) is 31.6 Å². The Morgan fingerprint density at radius 1 is 1.18 bits per heavy atom. The van der Waals surface area contributed by atoms with Crippen molar-refractivity contribution in [2.75, 3.05) is 6.54 Å². The van der Waals surface area contributed by atoms with Crippen LogP contribution in [0.15, 0.2) is 12.1 Å². The molecule has 3 rings (SSSR count). The van der Waals surface area contributed by atoms with Gasteiger partial charge in [-0.15, -0.1) is 5.10 Å². The number of benzene rings is 1. The van der Waals surface area contributed by atoms with Gasteiger partial charge in [0.2, 0.25) is 5.91 Å². The monoisotopic (exact) mass is 397 g/mol. The Bertz CT molecular complexity index is 871. The van der Waals surface area contributed by atoms with E-state index in [2.05, 4.69) is 10.2 Å². The number of carbonyl (C=O) groups is 1. The predicted octanol–water partition coefficient (Wildman–Crippen LogP) is 1.78. The summed E-state index contributed by atoms with van der Waals surface area (Å²) in [6.45, 7) is 4.96. The van der Waals surface area contributed by atoms with E-state index in [4.69, 9.17) is 10.5 Å². The summed E-state index contributed by atoms with van der Waals surface area (Å²) in [5.41, 5.74) is 5.88. The van der Waals surface area contributed by atoms with E-state index in [1.54, 1.807) is 4.90 Å². The lowest BCUT2D eigenvalue weighted by molar-refractivity contribution is -0.133. The number of aromatic nitrogens is 3. The van der Waals surface area contributed by atoms with Crippen LogP contribution in [-0.2, 0) is 24.3 Å². The van der Waals surface area contributed by atoms with Crippen LogP contribution in [0.3, 0.4) is 0 Å². The van der Waals surface area contributed by atoms with Gasteiger partial charge in [0.15, 0.2) is 17.5 Å². The highest BCUT2D eigenvalue weighted by Gasteiger charge is 2.26. The molecule has 2 aromatic rings. The van der Waals surface area contributed by atoms with Crippen LogP contribution in [0.4, 0.5) is 13.2 Å². The molecule has 2 heterocycles. The zero-order chi connectivity index (χ0) is 20.4. The van der Waals surface area contributed by atoms with Crippen molar-refractivity contribution in [1.82, 2.24) is 19.7 Å². The molecular weight excluding hydrogens is 375 g/mol. The number of ether oxygens (including phenoxy) is 1. The summed E-state index contributed by atoms with van der Waals surface area (Å²) >= 11 is 0. The Balaban J connectivity index is 1.59. The van der Waals surface area contributed by atoms with Crippen molar-refractivity contribution in [1.29, 1.82) is 0 Å². The van der Waals surface area contributed by atoms with Gasteiger partial charge in [0.25, 0.3) is 0 Å². The minimum Gasteiger partial charge on any atom is -0.461 e. The quantitative estimate of drug-likeness (QED) is 0.751. The average molecular weight is 397 g/mol. The van der Waals surface area contributed by atoms with Crippen molar-refractivity contribution >= 4 is 5.91 Å². The molecule has 0 saturated heterocycles. The van der Waals surface area contributed by atoms with E-state index in [9.17, 15) is 18.0 Å². The zero-order valence-corrected chi connectivity index (χ0v) is 15.7. The summed E-state index contributed by atoms with van der Waals surface area (Å²) in [5, 5.41) is 8.05. The first-order chi connectivity index (χ1) is 13.2. The second-order valence-electron chi connectivity index (χ2n) is 7.06. The predicted molar refractivity (Wildman–Crippen MR) is 93.8 cm³/mol. The highest BCUT2D eigenvalue weighted by Crippen LogP contribution is 2.20. The van der Waals surface area contributed by atoms with Crippen molar-refractivity contribution in [3.05, 3.63) is 41.0 Å². The second-order valence-corrected chi connectivity index (χ2v) is 7.06. The molecule has 0 unspecified atom stereocenters. The van der Waals surface area contributed by atoms with Crippen molar-refractivity contribution in [2.45, 2.75) is 51.9 Å². The molecule has 152 valence electrons. The maximum absolute atomic E-state index is 13.8. The molecule has 0 saturated carbocycles. The lowest BCUT2D eigenvalue weighted by Gasteiger charge is -2.28. The first-order valence-electron chi connectivity index (χ1n) is 9.00. The van der Waals surface area contributed by atoms with Crippen molar-refractivity contribution in [2.24, 2.45) is 5.73 Å². The summed E-state index contributed by atoms with van der Waals surface area (Å²) in [5.74, 6) is -2.91. The van der Waals surface area contributed by atoms with Gasteiger partial charge in [-0.3, -0.25) is 9.36 Å². The lowest BCUT2D eigenvalue weighted by Crippen LogP contribution is -2.41. The van der Waals surface area contributed by atoms with Gasteiger partial charge in [-0.25, -0.2) is 13.2 Å². The third kappa shape index (κ3) is 4.44. The molecule has 0 spiro atoms. The van der Waals surface area contributed by atoms with Gasteiger partial charge < -0.3 is 15.4 Å². The molecule has 28 heavy (non-hydrogen) atoms. The maximum Gasteiger partial charge on any atom is 0.317 e. The third-order valence-electron chi connectivity index (χ3n) is 4.42.